The number of carbonyl (C=O) groups is 2. The maximum Gasteiger partial charge on any atom is 0.325 e. The van der Waals surface area contributed by atoms with Crippen LogP contribution in [0.25, 0.3) is 0 Å². The molecular weight excluding hydrogens is 396 g/mol. The van der Waals surface area contributed by atoms with Crippen LogP contribution in [0.1, 0.15) is 28.4 Å². The normalized spacial score (nSPS) is 12.3. The van der Waals surface area contributed by atoms with Crippen LogP contribution in [0, 0.1) is 10.1 Å². The van der Waals surface area contributed by atoms with Crippen LogP contribution in [0.15, 0.2) is 36.4 Å². The van der Waals surface area contributed by atoms with Crippen LogP contribution in [0.2, 0.25) is 0 Å². The van der Waals surface area contributed by atoms with Gasteiger partial charge >= 0.3 is 5.97 Å². The Labute approximate surface area is 171 Å². The number of ether oxygens (including phenoxy) is 4. The van der Waals surface area contributed by atoms with Gasteiger partial charge in [0.25, 0.3) is 11.6 Å². The molecule has 0 fully saturated rings. The molecule has 0 bridgehead atoms. The average molecular weight is 416 g/mol. The van der Waals surface area contributed by atoms with E-state index < -0.39 is 16.8 Å². The lowest BCUT2D eigenvalue weighted by atomic mass is 10.1. The number of nitro groups is 1. The number of nitrogens with zero attached hydrogens (tertiary/aromatic N) is 1. The minimum atomic E-state index is -0.693. The Morgan fingerprint density at radius 2 is 2.00 bits per heavy atom. The van der Waals surface area contributed by atoms with E-state index in [0.29, 0.717) is 34.8 Å². The number of amides is 1. The first-order valence-corrected chi connectivity index (χ1v) is 9.15. The van der Waals surface area contributed by atoms with E-state index in [1.165, 1.54) is 12.1 Å². The molecule has 2 aromatic carbocycles. The molecule has 3 rings (SSSR count). The molecule has 0 saturated heterocycles. The second-order valence-electron chi connectivity index (χ2n) is 6.26. The van der Waals surface area contributed by atoms with Crippen LogP contribution >= 0.6 is 0 Å². The molecule has 2 aromatic rings. The Kier molecular flexibility index (Phi) is 6.81. The fourth-order valence-electron chi connectivity index (χ4n) is 2.83. The highest BCUT2D eigenvalue weighted by atomic mass is 16.7. The van der Waals surface area contributed by atoms with E-state index in [4.69, 9.17) is 18.9 Å². The highest BCUT2D eigenvalue weighted by Crippen LogP contribution is 2.33. The lowest BCUT2D eigenvalue weighted by Crippen LogP contribution is -2.30. The summed E-state index contributed by atoms with van der Waals surface area (Å²) >= 11 is 0. The zero-order valence-electron chi connectivity index (χ0n) is 16.2. The second kappa shape index (κ2) is 9.70. The largest absolute Gasteiger partial charge is 0.494 e. The number of fused-ring (bicyclic) bond motifs is 1. The lowest BCUT2D eigenvalue weighted by Gasteiger charge is -2.20. The summed E-state index contributed by atoms with van der Waals surface area (Å²) in [7, 11) is 0. The molecule has 10 nitrogen and oxygen atoms in total. The Hall–Kier alpha value is -3.66. The van der Waals surface area contributed by atoms with Crippen molar-refractivity contribution in [2.45, 2.75) is 20.1 Å². The molecule has 0 unspecified atom stereocenters. The van der Waals surface area contributed by atoms with Crippen LogP contribution < -0.4 is 14.8 Å². The first-order chi connectivity index (χ1) is 14.5. The topological polar surface area (TPSA) is 126 Å². The summed E-state index contributed by atoms with van der Waals surface area (Å²) in [6.45, 7) is 1.95. The van der Waals surface area contributed by atoms with Crippen molar-refractivity contribution in [3.63, 3.8) is 0 Å². The number of hydrogen-bond donors (Lipinski definition) is 1. The van der Waals surface area contributed by atoms with Crippen LogP contribution in [-0.2, 0) is 27.5 Å². The van der Waals surface area contributed by atoms with Crippen LogP contribution in [0.4, 0.5) is 5.69 Å². The zero-order chi connectivity index (χ0) is 21.5. The van der Waals surface area contributed by atoms with Crippen molar-refractivity contribution in [1.82, 2.24) is 5.32 Å². The highest BCUT2D eigenvalue weighted by Gasteiger charge is 2.22. The Bertz CT molecular complexity index is 943. The van der Waals surface area contributed by atoms with Gasteiger partial charge in [0.2, 0.25) is 0 Å². The maximum atomic E-state index is 12.1. The fraction of sp³-hybridized carbons (Fsp3) is 0.300. The molecule has 0 saturated carbocycles. The van der Waals surface area contributed by atoms with E-state index in [0.717, 1.165) is 0 Å². The van der Waals surface area contributed by atoms with Crippen molar-refractivity contribution in [1.29, 1.82) is 0 Å². The van der Waals surface area contributed by atoms with Crippen molar-refractivity contribution < 1.29 is 33.5 Å². The zero-order valence-corrected chi connectivity index (χ0v) is 16.2. The van der Waals surface area contributed by atoms with E-state index in [-0.39, 0.29) is 32.2 Å². The van der Waals surface area contributed by atoms with Gasteiger partial charge < -0.3 is 24.3 Å². The van der Waals surface area contributed by atoms with Gasteiger partial charge in [-0.05, 0) is 31.2 Å². The molecule has 0 atom stereocenters. The third-order valence-corrected chi connectivity index (χ3v) is 4.19. The van der Waals surface area contributed by atoms with Crippen LogP contribution in [-0.4, -0.2) is 36.7 Å². The van der Waals surface area contributed by atoms with E-state index in [1.54, 1.807) is 24.3 Å². The Morgan fingerprint density at radius 1 is 1.23 bits per heavy atom. The quantitative estimate of drug-likeness (QED) is 0.395. The van der Waals surface area contributed by atoms with Gasteiger partial charge in [-0.3, -0.25) is 19.7 Å². The van der Waals surface area contributed by atoms with E-state index in [9.17, 15) is 19.7 Å². The molecule has 1 heterocycles. The van der Waals surface area contributed by atoms with Crippen molar-refractivity contribution in [2.75, 3.05) is 19.9 Å². The van der Waals surface area contributed by atoms with Gasteiger partial charge in [-0.2, -0.15) is 0 Å². The van der Waals surface area contributed by atoms with Crippen molar-refractivity contribution >= 4 is 17.6 Å². The third-order valence-electron chi connectivity index (χ3n) is 4.19. The minimum absolute atomic E-state index is 0.00387. The van der Waals surface area contributed by atoms with E-state index in [1.807, 2.05) is 6.92 Å². The van der Waals surface area contributed by atoms with Crippen LogP contribution in [0.3, 0.4) is 0 Å². The highest BCUT2D eigenvalue weighted by molar-refractivity contribution is 5.96. The number of carbonyl (C=O) groups excluding carboxylic acids is 2. The predicted molar refractivity (Wildman–Crippen MR) is 103 cm³/mol. The monoisotopic (exact) mass is 416 g/mol. The summed E-state index contributed by atoms with van der Waals surface area (Å²) in [5.41, 5.74) is 1.07. The van der Waals surface area contributed by atoms with Gasteiger partial charge in [-0.25, -0.2) is 0 Å². The summed E-state index contributed by atoms with van der Waals surface area (Å²) in [6.07, 6.45) is 0. The van der Waals surface area contributed by atoms with Gasteiger partial charge in [0.05, 0.1) is 18.1 Å². The van der Waals surface area contributed by atoms with Gasteiger partial charge in [0.1, 0.15) is 24.7 Å². The molecule has 1 N–H and O–H groups in total. The number of nitro benzene ring substituents is 1. The molecular formula is C20H20N2O8. The average Bonchev–Trinajstić information content (AvgIpc) is 2.76. The smallest absolute Gasteiger partial charge is 0.325 e. The molecule has 1 aliphatic rings. The molecule has 10 heteroatoms. The molecule has 1 amide bonds. The second-order valence-corrected chi connectivity index (χ2v) is 6.26. The molecule has 0 radical (unpaired) electrons. The molecule has 0 aromatic heterocycles. The van der Waals surface area contributed by atoms with Gasteiger partial charge in [-0.1, -0.05) is 0 Å². The maximum absolute atomic E-state index is 12.1. The minimum Gasteiger partial charge on any atom is -0.494 e. The lowest BCUT2D eigenvalue weighted by molar-refractivity contribution is -0.385. The van der Waals surface area contributed by atoms with Crippen molar-refractivity contribution in [3.05, 3.63) is 63.2 Å². The summed E-state index contributed by atoms with van der Waals surface area (Å²) < 4.78 is 21.0. The number of hydrogen-bond acceptors (Lipinski definition) is 8. The Balaban J connectivity index is 1.56. The molecule has 0 spiro atoms. The number of esters is 1. The van der Waals surface area contributed by atoms with E-state index >= 15 is 0 Å². The van der Waals surface area contributed by atoms with Crippen molar-refractivity contribution in [3.8, 4) is 11.5 Å². The predicted octanol–water partition coefficient (Wildman–Crippen LogP) is 2.33. The van der Waals surface area contributed by atoms with Crippen molar-refractivity contribution in [2.24, 2.45) is 0 Å². The summed E-state index contributed by atoms with van der Waals surface area (Å²) in [6, 6.07) is 9.13. The standard InChI is InChI=1S/C20H20N2O8/c1-2-28-17-5-3-13(4-6-17)20(24)21-9-18(23)29-11-15-8-16(22(25)26)7-14-10-27-12-30-19(14)15/h3-8H,2,9-12H2,1H3,(H,21,24). The number of nitrogens with one attached hydrogen (secondary N) is 1. The Morgan fingerprint density at radius 3 is 2.70 bits per heavy atom. The fourth-order valence-corrected chi connectivity index (χ4v) is 2.83. The third kappa shape index (κ3) is 5.23. The summed E-state index contributed by atoms with van der Waals surface area (Å²) in [4.78, 5) is 34.7. The van der Waals surface area contributed by atoms with Gasteiger partial charge in [0, 0.05) is 28.8 Å². The molecule has 1 aliphatic heterocycles. The number of non-ortho nitro benzene ring substituents is 1. The summed E-state index contributed by atoms with van der Waals surface area (Å²) in [5, 5.41) is 13.6. The van der Waals surface area contributed by atoms with Gasteiger partial charge in [-0.15, -0.1) is 0 Å². The SMILES string of the molecule is CCOc1ccc(C(=O)NCC(=O)OCc2cc([N+](=O)[O-])cc3c2OCOC3)cc1. The first kappa shape index (κ1) is 21.1. The molecule has 158 valence electrons. The summed E-state index contributed by atoms with van der Waals surface area (Å²) in [5.74, 6) is -0.0933. The molecule has 0 aliphatic carbocycles. The van der Waals surface area contributed by atoms with Gasteiger partial charge in [0.15, 0.2) is 6.79 Å². The molecule has 30 heavy (non-hydrogen) atoms. The number of benzene rings is 2. The van der Waals surface area contributed by atoms with E-state index in [2.05, 4.69) is 5.32 Å². The first-order valence-electron chi connectivity index (χ1n) is 9.15. The van der Waals surface area contributed by atoms with Crippen LogP contribution in [0.5, 0.6) is 11.5 Å². The number of rotatable bonds is 8.